The highest BCUT2D eigenvalue weighted by Gasteiger charge is 2.25. The normalized spacial score (nSPS) is 11.2. The Morgan fingerprint density at radius 1 is 1.33 bits per heavy atom. The lowest BCUT2D eigenvalue weighted by Gasteiger charge is -2.19. The topological polar surface area (TPSA) is 26.3 Å². The number of carbonyl (C=O) groups is 1. The van der Waals surface area contributed by atoms with Gasteiger partial charge in [-0.15, -0.1) is 0 Å². The number of benzene rings is 1. The maximum Gasteiger partial charge on any atom is 0.171 e. The smallest absolute Gasteiger partial charge is 0.171 e. The summed E-state index contributed by atoms with van der Waals surface area (Å²) in [4.78, 5) is 12.1. The van der Waals surface area contributed by atoms with Crippen LogP contribution in [0.2, 0.25) is 0 Å². The highest BCUT2D eigenvalue weighted by Crippen LogP contribution is 2.25. The first-order valence-corrected chi connectivity index (χ1v) is 4.85. The van der Waals surface area contributed by atoms with Crippen LogP contribution in [0.1, 0.15) is 31.1 Å². The number of para-hydroxylation sites is 1. The summed E-state index contributed by atoms with van der Waals surface area (Å²) in [6.45, 7) is 5.62. The Labute approximate surface area is 92.0 Å². The Bertz CT molecular complexity index is 378. The van der Waals surface area contributed by atoms with Crippen molar-refractivity contribution in [3.63, 3.8) is 0 Å². The number of methoxy groups -OCH3 is 1. The first kappa shape index (κ1) is 11.8. The van der Waals surface area contributed by atoms with E-state index >= 15 is 0 Å². The third kappa shape index (κ3) is 2.41. The Morgan fingerprint density at radius 2 is 1.93 bits per heavy atom. The number of ketones is 1. The molecule has 0 fully saturated rings. The zero-order chi connectivity index (χ0) is 11.6. The number of hydrogen-bond acceptors (Lipinski definition) is 2. The largest absolute Gasteiger partial charge is 0.497 e. The fourth-order valence-corrected chi connectivity index (χ4v) is 1.37. The molecule has 0 N–H and O–H groups in total. The lowest BCUT2D eigenvalue weighted by molar-refractivity contribution is 0.0855. The summed E-state index contributed by atoms with van der Waals surface area (Å²) in [5, 5.41) is 0. The van der Waals surface area contributed by atoms with Gasteiger partial charge in [-0.25, -0.2) is 0 Å². The van der Waals surface area contributed by atoms with Crippen LogP contribution in [0.3, 0.4) is 0 Å². The van der Waals surface area contributed by atoms with Gasteiger partial charge in [0.1, 0.15) is 13.6 Å². The van der Waals surface area contributed by atoms with Crippen molar-refractivity contribution in [1.29, 1.82) is 0 Å². The van der Waals surface area contributed by atoms with Crippen molar-refractivity contribution < 1.29 is 9.53 Å². The molecule has 0 spiro atoms. The number of ether oxygens (including phenoxy) is 1. The maximum atomic E-state index is 12.1. The van der Waals surface area contributed by atoms with E-state index in [0.29, 0.717) is 16.8 Å². The standard InChI is InChI=1S/C12H15BO2/c1-12(2,3)11(14)8-6-5-7-9(13)10(8)15-4/h5-7H,1-4H3. The minimum Gasteiger partial charge on any atom is -0.497 e. The molecule has 1 aromatic carbocycles. The molecule has 0 aliphatic carbocycles. The molecule has 78 valence electrons. The van der Waals surface area contributed by atoms with Crippen LogP contribution >= 0.6 is 0 Å². The Balaban J connectivity index is 3.26. The summed E-state index contributed by atoms with van der Waals surface area (Å²) in [7, 11) is 7.25. The van der Waals surface area contributed by atoms with Gasteiger partial charge in [0, 0.05) is 5.41 Å². The molecule has 0 bridgehead atoms. The van der Waals surface area contributed by atoms with Crippen LogP contribution in [-0.2, 0) is 0 Å². The fraction of sp³-hybridized carbons (Fsp3) is 0.417. The van der Waals surface area contributed by atoms with Crippen molar-refractivity contribution in [2.45, 2.75) is 20.8 Å². The molecular formula is C12H15BO2. The van der Waals surface area contributed by atoms with Crippen LogP contribution in [0.15, 0.2) is 18.2 Å². The molecule has 0 atom stereocenters. The summed E-state index contributed by atoms with van der Waals surface area (Å²) in [5.74, 6) is 0.504. The van der Waals surface area contributed by atoms with E-state index in [2.05, 4.69) is 0 Å². The third-order valence-corrected chi connectivity index (χ3v) is 2.18. The van der Waals surface area contributed by atoms with E-state index in [-0.39, 0.29) is 5.78 Å². The van der Waals surface area contributed by atoms with Gasteiger partial charge >= 0.3 is 0 Å². The molecule has 0 aliphatic heterocycles. The molecule has 0 aliphatic rings. The monoisotopic (exact) mass is 202 g/mol. The first-order chi connectivity index (χ1) is 6.88. The molecule has 1 rings (SSSR count). The van der Waals surface area contributed by atoms with Crippen molar-refractivity contribution in [3.8, 4) is 5.75 Å². The molecule has 0 saturated heterocycles. The average molecular weight is 202 g/mol. The molecule has 0 unspecified atom stereocenters. The highest BCUT2D eigenvalue weighted by atomic mass is 16.5. The average Bonchev–Trinajstić information content (AvgIpc) is 2.14. The van der Waals surface area contributed by atoms with Gasteiger partial charge in [0.15, 0.2) is 5.78 Å². The van der Waals surface area contributed by atoms with Crippen molar-refractivity contribution in [2.24, 2.45) is 5.41 Å². The second-order valence-corrected chi connectivity index (χ2v) is 4.51. The summed E-state index contributed by atoms with van der Waals surface area (Å²) in [6, 6.07) is 5.22. The Kier molecular flexibility index (Phi) is 3.23. The second-order valence-electron chi connectivity index (χ2n) is 4.51. The zero-order valence-corrected chi connectivity index (χ0v) is 9.63. The van der Waals surface area contributed by atoms with Gasteiger partial charge in [0.25, 0.3) is 0 Å². The van der Waals surface area contributed by atoms with Crippen LogP contribution in [0, 0.1) is 5.41 Å². The lowest BCUT2D eigenvalue weighted by atomic mass is 9.83. The third-order valence-electron chi connectivity index (χ3n) is 2.18. The van der Waals surface area contributed by atoms with Gasteiger partial charge in [-0.1, -0.05) is 38.4 Å². The van der Waals surface area contributed by atoms with Crippen molar-refractivity contribution in [3.05, 3.63) is 23.8 Å². The van der Waals surface area contributed by atoms with Gasteiger partial charge in [-0.05, 0) is 6.07 Å². The van der Waals surface area contributed by atoms with Gasteiger partial charge in [-0.3, -0.25) is 4.79 Å². The first-order valence-electron chi connectivity index (χ1n) is 4.85. The van der Waals surface area contributed by atoms with Gasteiger partial charge in [0.05, 0.1) is 12.7 Å². The summed E-state index contributed by atoms with van der Waals surface area (Å²) in [5.41, 5.74) is 0.610. The molecule has 0 heterocycles. The van der Waals surface area contributed by atoms with Crippen LogP contribution in [0.4, 0.5) is 0 Å². The van der Waals surface area contributed by atoms with Crippen LogP contribution < -0.4 is 10.2 Å². The fourth-order valence-electron chi connectivity index (χ4n) is 1.37. The predicted molar refractivity (Wildman–Crippen MR) is 62.2 cm³/mol. The van der Waals surface area contributed by atoms with Crippen LogP contribution in [-0.4, -0.2) is 20.7 Å². The van der Waals surface area contributed by atoms with Crippen molar-refractivity contribution in [2.75, 3.05) is 7.11 Å². The Morgan fingerprint density at radius 3 is 2.40 bits per heavy atom. The quantitative estimate of drug-likeness (QED) is 0.539. The predicted octanol–water partition coefficient (Wildman–Crippen LogP) is 1.72. The van der Waals surface area contributed by atoms with E-state index in [1.54, 1.807) is 18.2 Å². The SMILES string of the molecule is [B]c1cccc(C(=O)C(C)(C)C)c1OC. The number of Topliss-reactive ketones (excluding diaryl/α,β-unsaturated/α-hetero) is 1. The Hall–Kier alpha value is -1.25. The van der Waals surface area contributed by atoms with E-state index in [4.69, 9.17) is 12.6 Å². The van der Waals surface area contributed by atoms with E-state index in [9.17, 15) is 4.79 Å². The van der Waals surface area contributed by atoms with E-state index in [1.165, 1.54) is 7.11 Å². The van der Waals surface area contributed by atoms with Gasteiger partial charge < -0.3 is 4.74 Å². The molecule has 0 aromatic heterocycles. The molecule has 2 nitrogen and oxygen atoms in total. The minimum atomic E-state index is -0.429. The van der Waals surface area contributed by atoms with Gasteiger partial charge in [0.2, 0.25) is 0 Å². The van der Waals surface area contributed by atoms with Crippen molar-refractivity contribution >= 4 is 19.1 Å². The highest BCUT2D eigenvalue weighted by molar-refractivity contribution is 6.35. The van der Waals surface area contributed by atoms with E-state index < -0.39 is 5.41 Å². The lowest BCUT2D eigenvalue weighted by Crippen LogP contribution is -2.23. The van der Waals surface area contributed by atoms with E-state index in [1.807, 2.05) is 20.8 Å². The van der Waals surface area contributed by atoms with Gasteiger partial charge in [-0.2, -0.15) is 0 Å². The minimum absolute atomic E-state index is 0.0339. The molecule has 1 aromatic rings. The number of rotatable bonds is 2. The molecule has 0 amide bonds. The summed E-state index contributed by atoms with van der Waals surface area (Å²) >= 11 is 0. The molecular weight excluding hydrogens is 187 g/mol. The summed E-state index contributed by atoms with van der Waals surface area (Å²) in [6.07, 6.45) is 0. The van der Waals surface area contributed by atoms with E-state index in [0.717, 1.165) is 0 Å². The van der Waals surface area contributed by atoms with Crippen LogP contribution in [0.25, 0.3) is 0 Å². The summed E-state index contributed by atoms with van der Waals surface area (Å²) < 4.78 is 5.15. The number of carbonyl (C=O) groups excluding carboxylic acids is 1. The van der Waals surface area contributed by atoms with Crippen molar-refractivity contribution in [1.82, 2.24) is 0 Å². The molecule has 15 heavy (non-hydrogen) atoms. The second kappa shape index (κ2) is 4.09. The molecule has 3 heteroatoms. The number of hydrogen-bond donors (Lipinski definition) is 0. The van der Waals surface area contributed by atoms with Crippen LogP contribution in [0.5, 0.6) is 5.75 Å². The zero-order valence-electron chi connectivity index (χ0n) is 9.63. The molecule has 2 radical (unpaired) electrons. The maximum absolute atomic E-state index is 12.1. The molecule has 0 saturated carbocycles.